The summed E-state index contributed by atoms with van der Waals surface area (Å²) in [7, 11) is 0. The van der Waals surface area contributed by atoms with Crippen molar-refractivity contribution in [2.24, 2.45) is 4.99 Å². The van der Waals surface area contributed by atoms with Crippen molar-refractivity contribution in [3.63, 3.8) is 0 Å². The van der Waals surface area contributed by atoms with Crippen molar-refractivity contribution < 1.29 is 9.21 Å². The molecule has 0 saturated heterocycles. The van der Waals surface area contributed by atoms with Crippen LogP contribution in [-0.4, -0.2) is 36.0 Å². The van der Waals surface area contributed by atoms with Crippen LogP contribution in [0.1, 0.15) is 31.0 Å². The molecule has 1 aromatic heterocycles. The van der Waals surface area contributed by atoms with Gasteiger partial charge in [0.2, 0.25) is 11.8 Å². The molecule has 7 heteroatoms. The van der Waals surface area contributed by atoms with Gasteiger partial charge in [0.15, 0.2) is 5.96 Å². The van der Waals surface area contributed by atoms with E-state index in [9.17, 15) is 4.79 Å². The van der Waals surface area contributed by atoms with Crippen LogP contribution >= 0.6 is 0 Å². The SMILES string of the molecule is CCNC(=NCc1coc(-c2ccc(C)cc2)n1)NCC(=O)NC1CC1. The van der Waals surface area contributed by atoms with Crippen molar-refractivity contribution in [3.8, 4) is 11.5 Å². The van der Waals surface area contributed by atoms with Crippen molar-refractivity contribution in [3.05, 3.63) is 41.8 Å². The standard InChI is InChI=1S/C19H25N5O2/c1-3-20-19(22-11-17(25)23-15-8-9-15)21-10-16-12-26-18(24-16)14-6-4-13(2)5-7-14/h4-7,12,15H,3,8-11H2,1-2H3,(H,23,25)(H2,20,21,22). The van der Waals surface area contributed by atoms with Crippen molar-refractivity contribution in [2.75, 3.05) is 13.1 Å². The molecule has 1 aliphatic carbocycles. The highest BCUT2D eigenvalue weighted by Crippen LogP contribution is 2.19. The maximum Gasteiger partial charge on any atom is 0.239 e. The molecule has 0 atom stereocenters. The monoisotopic (exact) mass is 355 g/mol. The van der Waals surface area contributed by atoms with Gasteiger partial charge in [0.05, 0.1) is 13.1 Å². The molecular formula is C19H25N5O2. The van der Waals surface area contributed by atoms with E-state index in [4.69, 9.17) is 4.42 Å². The van der Waals surface area contributed by atoms with Crippen LogP contribution in [-0.2, 0) is 11.3 Å². The molecule has 0 bridgehead atoms. The molecule has 1 aromatic carbocycles. The van der Waals surface area contributed by atoms with Crippen molar-refractivity contribution in [2.45, 2.75) is 39.3 Å². The Balaban J connectivity index is 1.56. The summed E-state index contributed by atoms with van der Waals surface area (Å²) in [5.41, 5.74) is 2.87. The molecule has 7 nitrogen and oxygen atoms in total. The fourth-order valence-electron chi connectivity index (χ4n) is 2.38. The maximum absolute atomic E-state index is 11.8. The number of aliphatic imine (C=N–C) groups is 1. The number of carbonyl (C=O) groups is 1. The molecule has 2 aromatic rings. The zero-order chi connectivity index (χ0) is 18.4. The number of hydrogen-bond donors (Lipinski definition) is 3. The Labute approximate surface area is 153 Å². The van der Waals surface area contributed by atoms with Crippen LogP contribution in [0, 0.1) is 6.92 Å². The number of nitrogens with zero attached hydrogens (tertiary/aromatic N) is 2. The summed E-state index contributed by atoms with van der Waals surface area (Å²) in [6, 6.07) is 8.38. The van der Waals surface area contributed by atoms with E-state index in [0.29, 0.717) is 31.0 Å². The number of nitrogens with one attached hydrogen (secondary N) is 3. The summed E-state index contributed by atoms with van der Waals surface area (Å²) in [4.78, 5) is 20.7. The summed E-state index contributed by atoms with van der Waals surface area (Å²) >= 11 is 0. The molecule has 138 valence electrons. The summed E-state index contributed by atoms with van der Waals surface area (Å²) in [5.74, 6) is 1.15. The lowest BCUT2D eigenvalue weighted by Crippen LogP contribution is -2.43. The molecular weight excluding hydrogens is 330 g/mol. The molecule has 3 N–H and O–H groups in total. The van der Waals surface area contributed by atoms with Gasteiger partial charge in [-0.25, -0.2) is 9.98 Å². The summed E-state index contributed by atoms with van der Waals surface area (Å²) < 4.78 is 5.55. The Bertz CT molecular complexity index is 762. The quantitative estimate of drug-likeness (QED) is 0.522. The molecule has 0 unspecified atom stereocenters. The summed E-state index contributed by atoms with van der Waals surface area (Å²) in [6.45, 7) is 5.31. The molecule has 1 amide bonds. The van der Waals surface area contributed by atoms with Gasteiger partial charge in [0.25, 0.3) is 0 Å². The average Bonchev–Trinajstić information content (AvgIpc) is 3.32. The minimum absolute atomic E-state index is 0.0128. The maximum atomic E-state index is 11.8. The van der Waals surface area contributed by atoms with E-state index in [1.54, 1.807) is 6.26 Å². The number of rotatable bonds is 7. The second-order valence-electron chi connectivity index (χ2n) is 6.40. The van der Waals surface area contributed by atoms with E-state index in [0.717, 1.165) is 24.1 Å². The molecule has 3 rings (SSSR count). The van der Waals surface area contributed by atoms with Gasteiger partial charge in [-0.2, -0.15) is 0 Å². The van der Waals surface area contributed by atoms with Gasteiger partial charge in [0.1, 0.15) is 12.0 Å². The molecule has 1 aliphatic rings. The molecule has 0 spiro atoms. The van der Waals surface area contributed by atoms with Gasteiger partial charge in [-0.3, -0.25) is 4.79 Å². The predicted octanol–water partition coefficient (Wildman–Crippen LogP) is 1.98. The van der Waals surface area contributed by atoms with Gasteiger partial charge in [0, 0.05) is 18.2 Å². The van der Waals surface area contributed by atoms with Crippen LogP contribution in [0.2, 0.25) is 0 Å². The molecule has 1 saturated carbocycles. The normalized spacial score (nSPS) is 14.2. The molecule has 1 fully saturated rings. The van der Waals surface area contributed by atoms with Gasteiger partial charge >= 0.3 is 0 Å². The third-order valence-electron chi connectivity index (χ3n) is 3.95. The molecule has 1 heterocycles. The van der Waals surface area contributed by atoms with Crippen LogP contribution in [0.3, 0.4) is 0 Å². The lowest BCUT2D eigenvalue weighted by atomic mass is 10.1. The zero-order valence-electron chi connectivity index (χ0n) is 15.2. The number of oxazole rings is 1. The average molecular weight is 355 g/mol. The third kappa shape index (κ3) is 5.34. The fourth-order valence-corrected chi connectivity index (χ4v) is 2.38. The number of aromatic nitrogens is 1. The topological polar surface area (TPSA) is 91.6 Å². The van der Waals surface area contributed by atoms with E-state index in [-0.39, 0.29) is 12.5 Å². The van der Waals surface area contributed by atoms with Crippen molar-refractivity contribution in [1.82, 2.24) is 20.9 Å². The van der Waals surface area contributed by atoms with Crippen molar-refractivity contribution in [1.29, 1.82) is 0 Å². The minimum atomic E-state index is -0.0128. The first-order chi connectivity index (χ1) is 12.6. The van der Waals surface area contributed by atoms with Crippen molar-refractivity contribution >= 4 is 11.9 Å². The first-order valence-corrected chi connectivity index (χ1v) is 8.97. The minimum Gasteiger partial charge on any atom is -0.444 e. The number of guanidine groups is 1. The predicted molar refractivity (Wildman–Crippen MR) is 101 cm³/mol. The third-order valence-corrected chi connectivity index (χ3v) is 3.95. The van der Waals surface area contributed by atoms with Crippen LogP contribution in [0.4, 0.5) is 0 Å². The van der Waals surface area contributed by atoms with Gasteiger partial charge in [-0.1, -0.05) is 17.7 Å². The van der Waals surface area contributed by atoms with E-state index in [2.05, 4.69) is 25.9 Å². The van der Waals surface area contributed by atoms with Gasteiger partial charge < -0.3 is 20.4 Å². The largest absolute Gasteiger partial charge is 0.444 e. The van der Waals surface area contributed by atoms with Gasteiger partial charge in [-0.05, 0) is 38.8 Å². The van der Waals surface area contributed by atoms with Crippen LogP contribution in [0.15, 0.2) is 39.9 Å². The Morgan fingerprint density at radius 3 is 2.73 bits per heavy atom. The Morgan fingerprint density at radius 2 is 2.04 bits per heavy atom. The zero-order valence-corrected chi connectivity index (χ0v) is 15.2. The number of carbonyl (C=O) groups excluding carboxylic acids is 1. The lowest BCUT2D eigenvalue weighted by Gasteiger charge is -2.10. The highest BCUT2D eigenvalue weighted by Gasteiger charge is 2.22. The van der Waals surface area contributed by atoms with Crippen LogP contribution in [0.25, 0.3) is 11.5 Å². The Morgan fingerprint density at radius 1 is 1.27 bits per heavy atom. The smallest absolute Gasteiger partial charge is 0.239 e. The second kappa shape index (κ2) is 8.51. The number of amides is 1. The lowest BCUT2D eigenvalue weighted by molar-refractivity contribution is -0.120. The first-order valence-electron chi connectivity index (χ1n) is 8.97. The molecule has 0 aliphatic heterocycles. The highest BCUT2D eigenvalue weighted by atomic mass is 16.3. The fraction of sp³-hybridized carbons (Fsp3) is 0.421. The van der Waals surface area contributed by atoms with E-state index < -0.39 is 0 Å². The summed E-state index contributed by atoms with van der Waals surface area (Å²) in [5, 5.41) is 9.10. The number of aryl methyl sites for hydroxylation is 1. The van der Waals surface area contributed by atoms with Gasteiger partial charge in [-0.15, -0.1) is 0 Å². The molecule has 26 heavy (non-hydrogen) atoms. The van der Waals surface area contributed by atoms with E-state index in [1.165, 1.54) is 5.56 Å². The number of benzene rings is 1. The molecule has 0 radical (unpaired) electrons. The number of hydrogen-bond acceptors (Lipinski definition) is 4. The van der Waals surface area contributed by atoms with E-state index in [1.807, 2.05) is 38.1 Å². The second-order valence-corrected chi connectivity index (χ2v) is 6.40. The van der Waals surface area contributed by atoms with Crippen LogP contribution < -0.4 is 16.0 Å². The highest BCUT2D eigenvalue weighted by molar-refractivity contribution is 5.86. The van der Waals surface area contributed by atoms with E-state index >= 15 is 0 Å². The summed E-state index contributed by atoms with van der Waals surface area (Å²) in [6.07, 6.45) is 3.77. The van der Waals surface area contributed by atoms with Crippen LogP contribution in [0.5, 0.6) is 0 Å². The Hall–Kier alpha value is -2.83. The first kappa shape index (κ1) is 18.0. The Kier molecular flexibility index (Phi) is 5.88.